The van der Waals surface area contributed by atoms with E-state index in [0.29, 0.717) is 6.23 Å². The molecule has 37 heavy (non-hydrogen) atoms. The van der Waals surface area contributed by atoms with E-state index in [-0.39, 0.29) is 11.6 Å². The van der Waals surface area contributed by atoms with Crippen LogP contribution in [0.5, 0.6) is 0 Å². The van der Waals surface area contributed by atoms with Crippen LogP contribution in [-0.2, 0) is 9.47 Å². The maximum atomic E-state index is 10.4. The fraction of sp³-hybridized carbons (Fsp3) is 0.806. The Balaban J connectivity index is -0.000000682. The van der Waals surface area contributed by atoms with Crippen molar-refractivity contribution >= 4 is 0 Å². The maximum absolute atomic E-state index is 10.4. The minimum atomic E-state index is -0.922. The van der Waals surface area contributed by atoms with Crippen molar-refractivity contribution in [2.75, 3.05) is 34.3 Å². The Morgan fingerprint density at radius 2 is 1.73 bits per heavy atom. The first kappa shape index (κ1) is 40.3. The number of hydrogen-bond donors (Lipinski definition) is 2. The number of likely N-dealkylation sites (N-methyl/N-ethyl adjacent to an activating group) is 1. The molecule has 6 heteroatoms. The van der Waals surface area contributed by atoms with E-state index < -0.39 is 6.41 Å². The molecule has 1 saturated heterocycles. The van der Waals surface area contributed by atoms with Gasteiger partial charge in [0, 0.05) is 32.4 Å². The van der Waals surface area contributed by atoms with E-state index in [1.165, 1.54) is 30.5 Å². The number of aliphatic hydroxyl groups is 1. The van der Waals surface area contributed by atoms with Crippen LogP contribution < -0.4 is 5.32 Å². The van der Waals surface area contributed by atoms with Crippen molar-refractivity contribution in [2.24, 2.45) is 0 Å². The lowest BCUT2D eigenvalue weighted by Gasteiger charge is -2.41. The predicted octanol–water partition coefficient (Wildman–Crippen LogP) is 7.32. The summed E-state index contributed by atoms with van der Waals surface area (Å²) < 4.78 is 10.8. The summed E-state index contributed by atoms with van der Waals surface area (Å²) in [5.74, 6) is 0. The monoisotopic (exact) mass is 528 g/mol. The van der Waals surface area contributed by atoms with Gasteiger partial charge in [-0.3, -0.25) is 10.2 Å². The predicted molar refractivity (Wildman–Crippen MR) is 164 cm³/mol. The summed E-state index contributed by atoms with van der Waals surface area (Å²) in [6, 6.07) is 0.129. The number of ether oxygens (including phenoxy) is 2. The topological polar surface area (TPSA) is 57.2 Å². The molecule has 3 unspecified atom stereocenters. The Kier molecular flexibility index (Phi) is 26.0. The van der Waals surface area contributed by atoms with E-state index in [4.69, 9.17) is 9.47 Å². The van der Waals surface area contributed by atoms with Gasteiger partial charge in [-0.15, -0.1) is 0 Å². The summed E-state index contributed by atoms with van der Waals surface area (Å²) in [6.07, 6.45) is 9.32. The SMILES string of the molecule is C=C(/C=C\C1=C(C)N(C)CCC1N(C)C(O)OC(C)(C)C)CC.CC.CC.CC.COC1CCCCN1. The molecule has 2 aliphatic heterocycles. The van der Waals surface area contributed by atoms with Crippen LogP contribution in [0.2, 0.25) is 0 Å². The highest BCUT2D eigenvalue weighted by Gasteiger charge is 2.31. The number of rotatable bonds is 7. The highest BCUT2D eigenvalue weighted by atomic mass is 16.6. The molecule has 3 atom stereocenters. The number of piperidine rings is 1. The third kappa shape index (κ3) is 17.9. The Morgan fingerprint density at radius 1 is 1.16 bits per heavy atom. The molecule has 222 valence electrons. The summed E-state index contributed by atoms with van der Waals surface area (Å²) >= 11 is 0. The Labute approximate surface area is 232 Å². The van der Waals surface area contributed by atoms with Gasteiger partial charge in [0.1, 0.15) is 6.23 Å². The van der Waals surface area contributed by atoms with Crippen molar-refractivity contribution in [3.8, 4) is 0 Å². The lowest BCUT2D eigenvalue weighted by Crippen LogP contribution is -2.48. The number of nitrogens with zero attached hydrogens (tertiary/aromatic N) is 2. The molecular weight excluding hydrogens is 462 g/mol. The summed E-state index contributed by atoms with van der Waals surface area (Å²) in [7, 11) is 5.78. The van der Waals surface area contributed by atoms with E-state index in [2.05, 4.69) is 49.8 Å². The van der Waals surface area contributed by atoms with Crippen LogP contribution in [0.25, 0.3) is 0 Å². The fourth-order valence-corrected chi connectivity index (χ4v) is 3.66. The highest BCUT2D eigenvalue weighted by molar-refractivity contribution is 5.35. The molecule has 0 aromatic rings. The molecule has 0 spiro atoms. The molecule has 0 amide bonds. The van der Waals surface area contributed by atoms with Gasteiger partial charge in [-0.2, -0.15) is 0 Å². The van der Waals surface area contributed by atoms with Crippen LogP contribution in [0.1, 0.15) is 108 Å². The van der Waals surface area contributed by atoms with Crippen molar-refractivity contribution in [3.05, 3.63) is 35.6 Å². The second kappa shape index (κ2) is 23.9. The molecule has 2 heterocycles. The average Bonchev–Trinajstić information content (AvgIpc) is 2.92. The smallest absolute Gasteiger partial charge is 0.216 e. The number of nitrogens with one attached hydrogen (secondary N) is 1. The van der Waals surface area contributed by atoms with Crippen LogP contribution >= 0.6 is 0 Å². The van der Waals surface area contributed by atoms with Gasteiger partial charge < -0.3 is 19.5 Å². The van der Waals surface area contributed by atoms with Crippen LogP contribution in [0, 0.1) is 0 Å². The van der Waals surface area contributed by atoms with E-state index in [1.807, 2.05) is 74.3 Å². The fourth-order valence-electron chi connectivity index (χ4n) is 3.66. The second-order valence-electron chi connectivity index (χ2n) is 9.51. The first-order chi connectivity index (χ1) is 17.5. The Hall–Kier alpha value is -1.18. The van der Waals surface area contributed by atoms with Crippen molar-refractivity contribution in [3.63, 3.8) is 0 Å². The normalized spacial score (nSPS) is 20.4. The van der Waals surface area contributed by atoms with E-state index in [1.54, 1.807) is 7.11 Å². The highest BCUT2D eigenvalue weighted by Crippen LogP contribution is 2.28. The van der Waals surface area contributed by atoms with Gasteiger partial charge in [-0.25, -0.2) is 0 Å². The van der Waals surface area contributed by atoms with E-state index in [9.17, 15) is 5.11 Å². The molecule has 0 aromatic heterocycles. The number of hydrogen-bond acceptors (Lipinski definition) is 6. The zero-order valence-electron chi connectivity index (χ0n) is 27.2. The molecule has 0 radical (unpaired) electrons. The average molecular weight is 528 g/mol. The van der Waals surface area contributed by atoms with Gasteiger partial charge in [0.15, 0.2) is 0 Å². The zero-order valence-corrected chi connectivity index (χ0v) is 27.2. The standard InChI is InChI=1S/C19H34N2O2.C6H13NO.3C2H6/c1-9-14(2)10-11-16-15(3)20(7)13-12-17(16)21(8)18(22)23-19(4,5)6;1-8-6-4-2-3-5-7-6;3*1-2/h10-11,17-18,22H,2,9,12-13H2,1,3-8H3;6-7H,2-5H2,1H3;3*1-2H3/b11-10-;;;;. The number of allylic oxidation sites excluding steroid dienone is 3. The van der Waals surface area contributed by atoms with Crippen LogP contribution in [-0.4, -0.2) is 73.5 Å². The summed E-state index contributed by atoms with van der Waals surface area (Å²) in [5.41, 5.74) is 3.17. The number of aliphatic hydroxyl groups excluding tert-OH is 1. The largest absolute Gasteiger partial charge is 0.378 e. The van der Waals surface area contributed by atoms with Crippen LogP contribution in [0.3, 0.4) is 0 Å². The van der Waals surface area contributed by atoms with Crippen molar-refractivity contribution in [1.29, 1.82) is 0 Å². The van der Waals surface area contributed by atoms with E-state index in [0.717, 1.165) is 31.5 Å². The molecule has 0 aliphatic carbocycles. The van der Waals surface area contributed by atoms with Gasteiger partial charge in [0.05, 0.1) is 5.60 Å². The molecule has 2 N–H and O–H groups in total. The first-order valence-electron chi connectivity index (χ1n) is 14.6. The minimum absolute atomic E-state index is 0.129. The molecule has 2 rings (SSSR count). The zero-order chi connectivity index (χ0) is 29.6. The summed E-state index contributed by atoms with van der Waals surface area (Å²) in [5, 5.41) is 13.7. The quantitative estimate of drug-likeness (QED) is 0.267. The van der Waals surface area contributed by atoms with Gasteiger partial charge in [-0.05, 0) is 79.0 Å². The summed E-state index contributed by atoms with van der Waals surface area (Å²) in [4.78, 5) is 4.17. The minimum Gasteiger partial charge on any atom is -0.378 e. The maximum Gasteiger partial charge on any atom is 0.216 e. The van der Waals surface area contributed by atoms with Crippen molar-refractivity contribution in [2.45, 2.75) is 133 Å². The molecule has 2 aliphatic rings. The second-order valence-corrected chi connectivity index (χ2v) is 9.51. The molecule has 0 bridgehead atoms. The van der Waals surface area contributed by atoms with E-state index >= 15 is 0 Å². The number of methoxy groups -OCH3 is 1. The van der Waals surface area contributed by atoms with Gasteiger partial charge in [-0.1, -0.05) is 72.8 Å². The first-order valence-corrected chi connectivity index (χ1v) is 14.6. The Morgan fingerprint density at radius 3 is 2.14 bits per heavy atom. The molecule has 0 aromatic carbocycles. The lowest BCUT2D eigenvalue weighted by atomic mass is 9.95. The Bertz CT molecular complexity index is 605. The van der Waals surface area contributed by atoms with Crippen LogP contribution in [0.15, 0.2) is 35.6 Å². The third-order valence-corrected chi connectivity index (χ3v) is 5.89. The third-order valence-electron chi connectivity index (χ3n) is 5.89. The van der Waals surface area contributed by atoms with Crippen LogP contribution in [0.4, 0.5) is 0 Å². The van der Waals surface area contributed by atoms with Crippen molar-refractivity contribution in [1.82, 2.24) is 15.1 Å². The van der Waals surface area contributed by atoms with Gasteiger partial charge in [0.25, 0.3) is 0 Å². The molecule has 6 nitrogen and oxygen atoms in total. The molecule has 0 saturated carbocycles. The van der Waals surface area contributed by atoms with Gasteiger partial charge in [0.2, 0.25) is 6.41 Å². The lowest BCUT2D eigenvalue weighted by molar-refractivity contribution is -0.239. The van der Waals surface area contributed by atoms with Crippen molar-refractivity contribution < 1.29 is 14.6 Å². The van der Waals surface area contributed by atoms with Gasteiger partial charge >= 0.3 is 0 Å². The molecule has 1 fully saturated rings. The summed E-state index contributed by atoms with van der Waals surface area (Å²) in [6.45, 7) is 28.2. The molecular formula is C31H65N3O3.